The molecule has 2 aromatic carbocycles. The van der Waals surface area contributed by atoms with Crippen LogP contribution in [0.1, 0.15) is 11.7 Å². The molecule has 2 rings (SSSR count). The van der Waals surface area contributed by atoms with Gasteiger partial charge in [0.05, 0.1) is 6.54 Å². The van der Waals surface area contributed by atoms with Crippen LogP contribution in [-0.4, -0.2) is 26.0 Å². The number of alkyl halides is 3. The van der Waals surface area contributed by atoms with E-state index in [2.05, 4.69) is 15.0 Å². The number of methoxy groups -OCH3 is 1. The van der Waals surface area contributed by atoms with E-state index >= 15 is 0 Å². The zero-order valence-corrected chi connectivity index (χ0v) is 16.5. The Morgan fingerprint density at radius 2 is 1.70 bits per heavy atom. The number of anilines is 1. The van der Waals surface area contributed by atoms with Gasteiger partial charge in [-0.3, -0.25) is 4.99 Å². The molecule has 3 N–H and O–H groups in total. The SMILES string of the molecule is COC(CN=C(N)Nc1ccc(OC(F)(F)F)cc1)c1ccc(F)cc1.I. The fourth-order valence-corrected chi connectivity index (χ4v) is 2.10. The summed E-state index contributed by atoms with van der Waals surface area (Å²) >= 11 is 0. The Kier molecular flexibility index (Phi) is 8.76. The number of hydrogen-bond donors (Lipinski definition) is 2. The fourth-order valence-electron chi connectivity index (χ4n) is 2.10. The third-order valence-corrected chi connectivity index (χ3v) is 3.31. The summed E-state index contributed by atoms with van der Waals surface area (Å²) in [5, 5.41) is 2.75. The number of nitrogens with two attached hydrogens (primary N) is 1. The maximum absolute atomic E-state index is 13.0. The maximum atomic E-state index is 13.0. The van der Waals surface area contributed by atoms with Crippen molar-refractivity contribution in [3.63, 3.8) is 0 Å². The van der Waals surface area contributed by atoms with Gasteiger partial charge in [-0.25, -0.2) is 4.39 Å². The number of halogens is 5. The van der Waals surface area contributed by atoms with Gasteiger partial charge in [-0.1, -0.05) is 12.1 Å². The zero-order chi connectivity index (χ0) is 19.2. The maximum Gasteiger partial charge on any atom is 0.573 e. The number of guanidine groups is 1. The average molecular weight is 499 g/mol. The van der Waals surface area contributed by atoms with Crippen LogP contribution in [-0.2, 0) is 4.74 Å². The largest absolute Gasteiger partial charge is 0.573 e. The second kappa shape index (κ2) is 10.3. The van der Waals surface area contributed by atoms with Gasteiger partial charge in [0, 0.05) is 12.8 Å². The average Bonchev–Trinajstić information content (AvgIpc) is 2.57. The number of hydrogen-bond acceptors (Lipinski definition) is 3. The highest BCUT2D eigenvalue weighted by Gasteiger charge is 2.30. The van der Waals surface area contributed by atoms with Crippen molar-refractivity contribution in [1.29, 1.82) is 0 Å². The first-order chi connectivity index (χ1) is 12.3. The molecule has 0 heterocycles. The molecule has 0 saturated carbocycles. The second-order valence-electron chi connectivity index (χ2n) is 5.20. The Labute approximate surface area is 170 Å². The van der Waals surface area contributed by atoms with Gasteiger partial charge in [0.25, 0.3) is 0 Å². The predicted molar refractivity (Wildman–Crippen MR) is 105 cm³/mol. The van der Waals surface area contributed by atoms with E-state index in [-0.39, 0.29) is 48.0 Å². The summed E-state index contributed by atoms with van der Waals surface area (Å²) in [5.74, 6) is -0.640. The minimum atomic E-state index is -4.75. The molecule has 2 aromatic rings. The van der Waals surface area contributed by atoms with E-state index in [1.165, 1.54) is 31.4 Å². The summed E-state index contributed by atoms with van der Waals surface area (Å²) in [4.78, 5) is 4.12. The Morgan fingerprint density at radius 1 is 1.11 bits per heavy atom. The van der Waals surface area contributed by atoms with Gasteiger partial charge in [-0.2, -0.15) is 0 Å². The van der Waals surface area contributed by atoms with Crippen LogP contribution in [0.5, 0.6) is 5.75 Å². The molecule has 0 saturated heterocycles. The third kappa shape index (κ3) is 7.99. The van der Waals surface area contributed by atoms with E-state index in [0.717, 1.165) is 17.7 Å². The van der Waals surface area contributed by atoms with Crippen LogP contribution >= 0.6 is 24.0 Å². The van der Waals surface area contributed by atoms with Gasteiger partial charge >= 0.3 is 6.36 Å². The summed E-state index contributed by atoms with van der Waals surface area (Å²) in [6.45, 7) is 0.177. The topological polar surface area (TPSA) is 68.9 Å². The van der Waals surface area contributed by atoms with Crippen molar-refractivity contribution in [2.24, 2.45) is 10.7 Å². The monoisotopic (exact) mass is 499 g/mol. The van der Waals surface area contributed by atoms with Gasteiger partial charge in [0.2, 0.25) is 0 Å². The minimum absolute atomic E-state index is 0. The van der Waals surface area contributed by atoms with Gasteiger partial charge < -0.3 is 20.5 Å². The highest BCUT2D eigenvalue weighted by molar-refractivity contribution is 14.0. The molecule has 0 aromatic heterocycles. The molecule has 0 radical (unpaired) electrons. The number of nitrogens with zero attached hydrogens (tertiary/aromatic N) is 1. The van der Waals surface area contributed by atoms with Gasteiger partial charge in [-0.15, -0.1) is 37.1 Å². The van der Waals surface area contributed by atoms with E-state index < -0.39 is 12.5 Å². The van der Waals surface area contributed by atoms with E-state index in [1.54, 1.807) is 12.1 Å². The van der Waals surface area contributed by atoms with E-state index in [4.69, 9.17) is 10.5 Å². The van der Waals surface area contributed by atoms with Crippen LogP contribution in [0.4, 0.5) is 23.2 Å². The van der Waals surface area contributed by atoms with Crippen molar-refractivity contribution in [2.75, 3.05) is 19.0 Å². The van der Waals surface area contributed by atoms with Crippen molar-refractivity contribution in [3.8, 4) is 5.75 Å². The molecule has 0 spiro atoms. The van der Waals surface area contributed by atoms with Gasteiger partial charge in [-0.05, 0) is 42.0 Å². The minimum Gasteiger partial charge on any atom is -0.406 e. The van der Waals surface area contributed by atoms with E-state index in [1.807, 2.05) is 0 Å². The lowest BCUT2D eigenvalue weighted by Gasteiger charge is -2.14. The first-order valence-electron chi connectivity index (χ1n) is 7.48. The van der Waals surface area contributed by atoms with E-state index in [0.29, 0.717) is 5.69 Å². The standard InChI is InChI=1S/C17H17F4N3O2.HI/c1-25-15(11-2-4-12(18)5-3-11)10-23-16(22)24-13-6-8-14(9-7-13)26-17(19,20)21;/h2-9,15H,10H2,1H3,(H3,22,23,24);1H. The predicted octanol–water partition coefficient (Wildman–Crippen LogP) is 4.46. The first kappa shape index (κ1) is 23.0. The quantitative estimate of drug-likeness (QED) is 0.267. The van der Waals surface area contributed by atoms with Crippen LogP contribution in [0.3, 0.4) is 0 Å². The van der Waals surface area contributed by atoms with E-state index in [9.17, 15) is 17.6 Å². The number of ether oxygens (including phenoxy) is 2. The molecule has 1 unspecified atom stereocenters. The lowest BCUT2D eigenvalue weighted by atomic mass is 10.1. The lowest BCUT2D eigenvalue weighted by Crippen LogP contribution is -2.24. The molecular formula is C17H18F4IN3O2. The normalized spacial score (nSPS) is 12.9. The van der Waals surface area contributed by atoms with Crippen molar-refractivity contribution < 1.29 is 27.0 Å². The number of aliphatic imine (C=N–C) groups is 1. The van der Waals surface area contributed by atoms with Gasteiger partial charge in [0.1, 0.15) is 17.7 Å². The lowest BCUT2D eigenvalue weighted by molar-refractivity contribution is -0.274. The molecule has 0 aliphatic carbocycles. The number of rotatable bonds is 6. The molecule has 10 heteroatoms. The Balaban J connectivity index is 0.00000364. The molecule has 27 heavy (non-hydrogen) atoms. The Morgan fingerprint density at radius 3 is 2.22 bits per heavy atom. The van der Waals surface area contributed by atoms with Crippen molar-refractivity contribution in [2.45, 2.75) is 12.5 Å². The zero-order valence-electron chi connectivity index (χ0n) is 14.2. The fraction of sp³-hybridized carbons (Fsp3) is 0.235. The highest BCUT2D eigenvalue weighted by Crippen LogP contribution is 2.24. The van der Waals surface area contributed by atoms with Crippen LogP contribution in [0, 0.1) is 5.82 Å². The molecule has 0 aliphatic heterocycles. The molecule has 0 amide bonds. The summed E-state index contributed by atoms with van der Waals surface area (Å²) in [6.07, 6.45) is -5.16. The molecule has 0 fully saturated rings. The Bertz CT molecular complexity index is 737. The van der Waals surface area contributed by atoms with Crippen LogP contribution in [0.15, 0.2) is 53.5 Å². The second-order valence-corrected chi connectivity index (χ2v) is 5.20. The highest BCUT2D eigenvalue weighted by atomic mass is 127. The summed E-state index contributed by atoms with van der Waals surface area (Å²) < 4.78 is 58.4. The molecule has 0 aliphatic rings. The van der Waals surface area contributed by atoms with Crippen molar-refractivity contribution in [3.05, 3.63) is 59.9 Å². The molecule has 1 atom stereocenters. The molecular weight excluding hydrogens is 481 g/mol. The number of nitrogens with one attached hydrogen (secondary N) is 1. The van der Waals surface area contributed by atoms with Gasteiger partial charge in [0.15, 0.2) is 5.96 Å². The summed E-state index contributed by atoms with van der Waals surface area (Å²) in [5.41, 5.74) is 6.94. The first-order valence-corrected chi connectivity index (χ1v) is 7.48. The van der Waals surface area contributed by atoms with Crippen molar-refractivity contribution >= 4 is 35.6 Å². The Hall–Kier alpha value is -2.08. The third-order valence-electron chi connectivity index (χ3n) is 3.31. The molecule has 148 valence electrons. The van der Waals surface area contributed by atoms with Crippen LogP contribution < -0.4 is 15.8 Å². The van der Waals surface area contributed by atoms with Crippen LogP contribution in [0.2, 0.25) is 0 Å². The summed E-state index contributed by atoms with van der Waals surface area (Å²) in [6, 6.07) is 10.9. The van der Waals surface area contributed by atoms with Crippen molar-refractivity contribution in [1.82, 2.24) is 0 Å². The smallest absolute Gasteiger partial charge is 0.406 e. The van der Waals surface area contributed by atoms with Crippen LogP contribution in [0.25, 0.3) is 0 Å². The number of benzene rings is 2. The summed E-state index contributed by atoms with van der Waals surface area (Å²) in [7, 11) is 1.49. The molecule has 5 nitrogen and oxygen atoms in total. The molecule has 0 bridgehead atoms.